The summed E-state index contributed by atoms with van der Waals surface area (Å²) >= 11 is 0. The highest BCUT2D eigenvalue weighted by Gasteiger charge is 2.32. The van der Waals surface area contributed by atoms with Crippen LogP contribution in [-0.2, 0) is 9.53 Å². The first-order valence-electron chi connectivity index (χ1n) is 5.77. The van der Waals surface area contributed by atoms with E-state index in [1.807, 2.05) is 20.8 Å². The molecule has 0 aromatic rings. The molecule has 1 atom stereocenters. The summed E-state index contributed by atoms with van der Waals surface area (Å²) in [4.78, 5) is 24.9. The van der Waals surface area contributed by atoms with Crippen molar-refractivity contribution in [3.8, 4) is 12.3 Å². The average Bonchev–Trinajstić information content (AvgIpc) is 2.63. The van der Waals surface area contributed by atoms with Gasteiger partial charge in [-0.05, 0) is 27.2 Å². The lowest BCUT2D eigenvalue weighted by Crippen LogP contribution is -2.35. The van der Waals surface area contributed by atoms with Gasteiger partial charge in [0.15, 0.2) is 0 Å². The van der Waals surface area contributed by atoms with Crippen molar-refractivity contribution in [3.05, 3.63) is 0 Å². The van der Waals surface area contributed by atoms with Crippen molar-refractivity contribution in [2.75, 3.05) is 13.1 Å². The molecule has 4 heteroatoms. The number of ether oxygens (including phenoxy) is 1. The molecule has 1 aliphatic rings. The fourth-order valence-corrected chi connectivity index (χ4v) is 1.76. The molecule has 0 saturated carbocycles. The van der Waals surface area contributed by atoms with E-state index in [1.165, 1.54) is 0 Å². The predicted molar refractivity (Wildman–Crippen MR) is 64.4 cm³/mol. The molecule has 0 aromatic heterocycles. The maximum atomic E-state index is 11.7. The Labute approximate surface area is 102 Å². The van der Waals surface area contributed by atoms with Crippen LogP contribution in [0.5, 0.6) is 0 Å². The van der Waals surface area contributed by atoms with Gasteiger partial charge in [-0.15, -0.1) is 6.42 Å². The van der Waals surface area contributed by atoms with Crippen molar-refractivity contribution in [1.82, 2.24) is 4.90 Å². The van der Waals surface area contributed by atoms with Gasteiger partial charge in [-0.25, -0.2) is 4.79 Å². The van der Waals surface area contributed by atoms with E-state index in [2.05, 4.69) is 5.92 Å². The molecule has 4 nitrogen and oxygen atoms in total. The van der Waals surface area contributed by atoms with Gasteiger partial charge in [-0.2, -0.15) is 0 Å². The zero-order valence-corrected chi connectivity index (χ0v) is 10.7. The van der Waals surface area contributed by atoms with Crippen LogP contribution < -0.4 is 0 Å². The fourth-order valence-electron chi connectivity index (χ4n) is 1.76. The Morgan fingerprint density at radius 3 is 2.65 bits per heavy atom. The van der Waals surface area contributed by atoms with Crippen LogP contribution in [0, 0.1) is 18.3 Å². The maximum absolute atomic E-state index is 11.7. The van der Waals surface area contributed by atoms with Crippen LogP contribution in [0.1, 0.15) is 33.6 Å². The van der Waals surface area contributed by atoms with Gasteiger partial charge in [-0.3, -0.25) is 4.79 Å². The van der Waals surface area contributed by atoms with Crippen LogP contribution >= 0.6 is 0 Å². The predicted octanol–water partition coefficient (Wildman–Crippen LogP) is 1.84. The van der Waals surface area contributed by atoms with E-state index in [-0.39, 0.29) is 24.2 Å². The molecule has 1 rings (SSSR count). The summed E-state index contributed by atoms with van der Waals surface area (Å²) in [5, 5.41) is 0. The molecule has 1 heterocycles. The molecule has 1 aliphatic heterocycles. The van der Waals surface area contributed by atoms with Gasteiger partial charge in [0.25, 0.3) is 0 Å². The van der Waals surface area contributed by atoms with Gasteiger partial charge >= 0.3 is 6.09 Å². The molecule has 0 aromatic carbocycles. The van der Waals surface area contributed by atoms with E-state index in [4.69, 9.17) is 11.2 Å². The number of rotatable bonds is 2. The van der Waals surface area contributed by atoms with Crippen molar-refractivity contribution < 1.29 is 14.3 Å². The van der Waals surface area contributed by atoms with Gasteiger partial charge in [0, 0.05) is 19.0 Å². The lowest BCUT2D eigenvalue weighted by Gasteiger charge is -2.24. The number of carbonyl (C=O) groups excluding carboxylic acids is 2. The number of carbonyl (C=O) groups is 2. The second-order valence-corrected chi connectivity index (χ2v) is 5.26. The highest BCUT2D eigenvalue weighted by Crippen LogP contribution is 2.20. The van der Waals surface area contributed by atoms with Crippen LogP contribution in [0.4, 0.5) is 4.79 Å². The average molecular weight is 237 g/mol. The van der Waals surface area contributed by atoms with Crippen molar-refractivity contribution >= 4 is 11.9 Å². The minimum absolute atomic E-state index is 0.0403. The van der Waals surface area contributed by atoms with Gasteiger partial charge < -0.3 is 9.64 Å². The van der Waals surface area contributed by atoms with Crippen molar-refractivity contribution in [1.29, 1.82) is 0 Å². The van der Waals surface area contributed by atoms with E-state index in [0.717, 1.165) is 0 Å². The Morgan fingerprint density at radius 2 is 2.12 bits per heavy atom. The third-order valence-corrected chi connectivity index (χ3v) is 2.57. The summed E-state index contributed by atoms with van der Waals surface area (Å²) in [5.41, 5.74) is -0.502. The third-order valence-electron chi connectivity index (χ3n) is 2.57. The molecule has 0 bridgehead atoms. The quantitative estimate of drug-likeness (QED) is 0.688. The summed E-state index contributed by atoms with van der Waals surface area (Å²) in [7, 11) is 0. The third kappa shape index (κ3) is 4.10. The normalized spacial score (nSPS) is 19.9. The first-order chi connectivity index (χ1) is 7.83. The first-order valence-corrected chi connectivity index (χ1v) is 5.77. The molecule has 94 valence electrons. The number of hydrogen-bond acceptors (Lipinski definition) is 3. The highest BCUT2D eigenvalue weighted by atomic mass is 16.6. The number of ketones is 1. The van der Waals surface area contributed by atoms with Crippen LogP contribution in [0.3, 0.4) is 0 Å². The van der Waals surface area contributed by atoms with Crippen molar-refractivity contribution in [2.45, 2.75) is 39.2 Å². The lowest BCUT2D eigenvalue weighted by molar-refractivity contribution is -0.121. The van der Waals surface area contributed by atoms with E-state index >= 15 is 0 Å². The molecular weight excluding hydrogens is 218 g/mol. The maximum Gasteiger partial charge on any atom is 0.410 e. The summed E-state index contributed by atoms with van der Waals surface area (Å²) < 4.78 is 5.25. The number of likely N-dealkylation sites (tertiary alicyclic amines) is 1. The van der Waals surface area contributed by atoms with Gasteiger partial charge in [0.05, 0.1) is 6.42 Å². The van der Waals surface area contributed by atoms with Crippen LogP contribution in [-0.4, -0.2) is 35.5 Å². The SMILES string of the molecule is C#CCC(=O)[C@H]1CCN(C(=O)OC(C)(C)C)C1. The minimum atomic E-state index is -0.502. The summed E-state index contributed by atoms with van der Waals surface area (Å²) in [6.45, 7) is 6.46. The monoisotopic (exact) mass is 237 g/mol. The molecule has 0 radical (unpaired) electrons. The van der Waals surface area contributed by atoms with Crippen LogP contribution in [0.25, 0.3) is 0 Å². The number of Topliss-reactive ketones (excluding diaryl/α,β-unsaturated/α-hetero) is 1. The fraction of sp³-hybridized carbons (Fsp3) is 0.692. The van der Waals surface area contributed by atoms with Gasteiger partial charge in [0.2, 0.25) is 0 Å². The Kier molecular flexibility index (Phi) is 4.17. The summed E-state index contributed by atoms with van der Waals surface area (Å²) in [5.74, 6) is 2.26. The number of nitrogens with zero attached hydrogens (tertiary/aromatic N) is 1. The molecule has 17 heavy (non-hydrogen) atoms. The van der Waals surface area contributed by atoms with Crippen molar-refractivity contribution in [2.24, 2.45) is 5.92 Å². The number of hydrogen-bond donors (Lipinski definition) is 0. The second-order valence-electron chi connectivity index (χ2n) is 5.26. The highest BCUT2D eigenvalue weighted by molar-refractivity contribution is 5.84. The Hall–Kier alpha value is -1.50. The molecule has 1 fully saturated rings. The molecule has 0 N–H and O–H groups in total. The van der Waals surface area contributed by atoms with Gasteiger partial charge in [-0.1, -0.05) is 5.92 Å². The number of terminal acetylenes is 1. The van der Waals surface area contributed by atoms with E-state index in [9.17, 15) is 9.59 Å². The zero-order valence-electron chi connectivity index (χ0n) is 10.7. The Balaban J connectivity index is 2.48. The topological polar surface area (TPSA) is 46.6 Å². The van der Waals surface area contributed by atoms with Crippen LogP contribution in [0.2, 0.25) is 0 Å². The van der Waals surface area contributed by atoms with Crippen LogP contribution in [0.15, 0.2) is 0 Å². The summed E-state index contributed by atoms with van der Waals surface area (Å²) in [6, 6.07) is 0. The minimum Gasteiger partial charge on any atom is -0.444 e. The van der Waals surface area contributed by atoms with Gasteiger partial charge in [0.1, 0.15) is 11.4 Å². The Bertz CT molecular complexity index is 349. The molecular formula is C13H19NO3. The largest absolute Gasteiger partial charge is 0.444 e. The smallest absolute Gasteiger partial charge is 0.410 e. The zero-order chi connectivity index (χ0) is 13.1. The molecule has 1 saturated heterocycles. The van der Waals surface area contributed by atoms with E-state index < -0.39 is 5.60 Å². The van der Waals surface area contributed by atoms with E-state index in [1.54, 1.807) is 4.90 Å². The van der Waals surface area contributed by atoms with E-state index in [0.29, 0.717) is 19.5 Å². The first kappa shape index (κ1) is 13.6. The molecule has 0 aliphatic carbocycles. The van der Waals surface area contributed by atoms with Crippen molar-refractivity contribution in [3.63, 3.8) is 0 Å². The lowest BCUT2D eigenvalue weighted by atomic mass is 10.0. The molecule has 0 unspecified atom stereocenters. The molecule has 0 spiro atoms. The Morgan fingerprint density at radius 1 is 1.47 bits per heavy atom. The number of amides is 1. The molecule has 1 amide bonds. The standard InChI is InChI=1S/C13H19NO3/c1-5-6-11(15)10-7-8-14(9-10)12(16)17-13(2,3)4/h1,10H,6-9H2,2-4H3/t10-/m0/s1. The summed E-state index contributed by atoms with van der Waals surface area (Å²) in [6.07, 6.45) is 5.57. The second kappa shape index (κ2) is 5.22.